The van der Waals surface area contributed by atoms with Gasteiger partial charge in [-0.15, -0.1) is 0 Å². The van der Waals surface area contributed by atoms with E-state index in [0.717, 1.165) is 11.8 Å². The summed E-state index contributed by atoms with van der Waals surface area (Å²) >= 11 is 0. The molecule has 2 heteroatoms. The van der Waals surface area contributed by atoms with E-state index in [0.29, 0.717) is 0 Å². The Bertz CT molecular complexity index is 204. The summed E-state index contributed by atoms with van der Waals surface area (Å²) in [7, 11) is 1.50. The molecule has 0 atom stereocenters. The van der Waals surface area contributed by atoms with Crippen molar-refractivity contribution in [3.05, 3.63) is 35.4 Å². The number of aldehydes is 1. The highest BCUT2D eigenvalue weighted by Gasteiger charge is 1.85. The Morgan fingerprint density at radius 3 is 1.53 bits per heavy atom. The zero-order valence-electron chi connectivity index (χ0n) is 10.9. The van der Waals surface area contributed by atoms with Crippen LogP contribution in [0.25, 0.3) is 0 Å². The fourth-order valence-electron chi connectivity index (χ4n) is 0.645. The van der Waals surface area contributed by atoms with Gasteiger partial charge in [-0.05, 0) is 14.0 Å². The smallest absolute Gasteiger partial charge is 0.150 e. The molecular formula is C13H25NO. The second-order valence-corrected chi connectivity index (χ2v) is 2.03. The first kappa shape index (κ1) is 19.4. The van der Waals surface area contributed by atoms with Gasteiger partial charge in [0.1, 0.15) is 6.29 Å². The molecule has 1 rings (SSSR count). The molecule has 0 saturated carbocycles. The number of rotatable bonds is 1. The van der Waals surface area contributed by atoms with E-state index in [2.05, 4.69) is 5.73 Å². The Hall–Kier alpha value is -1.15. The van der Waals surface area contributed by atoms with Crippen molar-refractivity contribution in [3.8, 4) is 0 Å². The van der Waals surface area contributed by atoms with Crippen LogP contribution in [0, 0.1) is 6.92 Å². The topological polar surface area (TPSA) is 43.1 Å². The summed E-state index contributed by atoms with van der Waals surface area (Å²) < 4.78 is 0. The van der Waals surface area contributed by atoms with Crippen molar-refractivity contribution < 1.29 is 4.79 Å². The van der Waals surface area contributed by atoms with Crippen LogP contribution in [-0.2, 0) is 0 Å². The Morgan fingerprint density at radius 2 is 1.27 bits per heavy atom. The van der Waals surface area contributed by atoms with E-state index in [4.69, 9.17) is 0 Å². The van der Waals surface area contributed by atoms with Gasteiger partial charge in [0.15, 0.2) is 0 Å². The minimum atomic E-state index is 0.737. The first-order valence-corrected chi connectivity index (χ1v) is 5.42. The number of benzene rings is 1. The Kier molecular flexibility index (Phi) is 24.1. The SMILES string of the molecule is CC.CC.CN.Cc1ccc(C=O)cc1. The highest BCUT2D eigenvalue weighted by atomic mass is 16.1. The van der Waals surface area contributed by atoms with Crippen molar-refractivity contribution in [3.63, 3.8) is 0 Å². The maximum atomic E-state index is 10.1. The number of nitrogens with two attached hydrogens (primary N) is 1. The van der Waals surface area contributed by atoms with Crippen molar-refractivity contribution in [2.75, 3.05) is 7.05 Å². The van der Waals surface area contributed by atoms with E-state index in [1.54, 1.807) is 0 Å². The first-order valence-electron chi connectivity index (χ1n) is 5.42. The molecule has 0 radical (unpaired) electrons. The zero-order chi connectivity index (χ0) is 12.7. The quantitative estimate of drug-likeness (QED) is 0.723. The van der Waals surface area contributed by atoms with Crippen molar-refractivity contribution in [2.24, 2.45) is 5.73 Å². The number of carbonyl (C=O) groups is 1. The lowest BCUT2D eigenvalue weighted by Gasteiger charge is -1.89. The van der Waals surface area contributed by atoms with Crippen LogP contribution in [0.1, 0.15) is 43.6 Å². The van der Waals surface area contributed by atoms with Crippen molar-refractivity contribution in [2.45, 2.75) is 34.6 Å². The lowest BCUT2D eigenvalue weighted by molar-refractivity contribution is 0.112. The molecule has 0 amide bonds. The van der Waals surface area contributed by atoms with Crippen LogP contribution in [0.15, 0.2) is 24.3 Å². The van der Waals surface area contributed by atoms with Crippen molar-refractivity contribution in [1.82, 2.24) is 0 Å². The molecule has 0 aliphatic carbocycles. The fraction of sp³-hybridized carbons (Fsp3) is 0.462. The van der Waals surface area contributed by atoms with E-state index in [9.17, 15) is 4.79 Å². The van der Waals surface area contributed by atoms with Gasteiger partial charge in [0.05, 0.1) is 0 Å². The van der Waals surface area contributed by atoms with Gasteiger partial charge in [0.25, 0.3) is 0 Å². The molecule has 15 heavy (non-hydrogen) atoms. The Balaban J connectivity index is -0.000000208. The maximum Gasteiger partial charge on any atom is 0.150 e. The molecular weight excluding hydrogens is 186 g/mol. The second-order valence-electron chi connectivity index (χ2n) is 2.03. The van der Waals surface area contributed by atoms with Crippen LogP contribution in [0.2, 0.25) is 0 Å². The molecule has 0 heterocycles. The number of carbonyl (C=O) groups excluding carboxylic acids is 1. The van der Waals surface area contributed by atoms with Gasteiger partial charge in [-0.25, -0.2) is 0 Å². The predicted molar refractivity (Wildman–Crippen MR) is 69.4 cm³/mol. The van der Waals surface area contributed by atoms with E-state index in [-0.39, 0.29) is 0 Å². The minimum Gasteiger partial charge on any atom is -0.333 e. The molecule has 0 bridgehead atoms. The highest BCUT2D eigenvalue weighted by Crippen LogP contribution is 1.98. The largest absolute Gasteiger partial charge is 0.333 e. The summed E-state index contributed by atoms with van der Waals surface area (Å²) in [6, 6.07) is 7.46. The third-order valence-electron chi connectivity index (χ3n) is 1.21. The Morgan fingerprint density at radius 1 is 0.933 bits per heavy atom. The van der Waals surface area contributed by atoms with E-state index in [1.807, 2.05) is 58.9 Å². The summed E-state index contributed by atoms with van der Waals surface area (Å²) in [5.74, 6) is 0. The molecule has 2 nitrogen and oxygen atoms in total. The molecule has 0 fully saturated rings. The van der Waals surface area contributed by atoms with Gasteiger partial charge in [-0.3, -0.25) is 4.79 Å². The molecule has 0 aliphatic rings. The van der Waals surface area contributed by atoms with E-state index in [1.165, 1.54) is 12.6 Å². The molecule has 0 aromatic heterocycles. The van der Waals surface area contributed by atoms with E-state index < -0.39 is 0 Å². The Labute approximate surface area is 94.5 Å². The normalized spacial score (nSPS) is 6.60. The van der Waals surface area contributed by atoms with Gasteiger partial charge in [0.2, 0.25) is 0 Å². The molecule has 0 saturated heterocycles. The summed E-state index contributed by atoms with van der Waals surface area (Å²) in [6.07, 6.45) is 0.847. The zero-order valence-corrected chi connectivity index (χ0v) is 10.9. The van der Waals surface area contributed by atoms with Gasteiger partial charge in [-0.2, -0.15) is 0 Å². The second kappa shape index (κ2) is 18.6. The first-order chi connectivity index (χ1) is 7.33. The molecule has 1 aromatic carbocycles. The monoisotopic (exact) mass is 211 g/mol. The van der Waals surface area contributed by atoms with Gasteiger partial charge >= 0.3 is 0 Å². The highest BCUT2D eigenvalue weighted by molar-refractivity contribution is 5.74. The van der Waals surface area contributed by atoms with Crippen molar-refractivity contribution >= 4 is 6.29 Å². The minimum absolute atomic E-state index is 0.737. The van der Waals surface area contributed by atoms with Crippen molar-refractivity contribution in [1.29, 1.82) is 0 Å². The lowest BCUT2D eigenvalue weighted by Crippen LogP contribution is -1.77. The standard InChI is InChI=1S/C8H8O.2C2H6.CH5N/c1-7-2-4-8(6-9)5-3-7;3*1-2/h2-6H,1H3;2*1-2H3;2H2,1H3. The van der Waals surface area contributed by atoms with Crippen LogP contribution in [0.5, 0.6) is 0 Å². The molecule has 0 unspecified atom stereocenters. The predicted octanol–water partition coefficient (Wildman–Crippen LogP) is 3.43. The van der Waals surface area contributed by atoms with Gasteiger partial charge < -0.3 is 5.73 Å². The molecule has 1 aromatic rings. The van der Waals surface area contributed by atoms with Crippen LogP contribution in [0.3, 0.4) is 0 Å². The third-order valence-corrected chi connectivity index (χ3v) is 1.21. The van der Waals surface area contributed by atoms with Gasteiger partial charge in [-0.1, -0.05) is 57.5 Å². The summed E-state index contributed by atoms with van der Waals surface area (Å²) in [4.78, 5) is 10.1. The number of hydrogen-bond acceptors (Lipinski definition) is 2. The fourth-order valence-corrected chi connectivity index (χ4v) is 0.645. The molecule has 0 aliphatic heterocycles. The number of aryl methyl sites for hydroxylation is 1. The average Bonchev–Trinajstić information content (AvgIpc) is 2.38. The lowest BCUT2D eigenvalue weighted by atomic mass is 10.2. The maximum absolute atomic E-state index is 10.1. The van der Waals surface area contributed by atoms with Crippen LogP contribution >= 0.6 is 0 Å². The van der Waals surface area contributed by atoms with Gasteiger partial charge in [0, 0.05) is 5.56 Å². The molecule has 88 valence electrons. The van der Waals surface area contributed by atoms with E-state index >= 15 is 0 Å². The average molecular weight is 211 g/mol. The number of hydrogen-bond donors (Lipinski definition) is 1. The molecule has 2 N–H and O–H groups in total. The van der Waals surface area contributed by atoms with Crippen LogP contribution in [0.4, 0.5) is 0 Å². The summed E-state index contributed by atoms with van der Waals surface area (Å²) in [5.41, 5.74) is 6.42. The summed E-state index contributed by atoms with van der Waals surface area (Å²) in [6.45, 7) is 9.99. The summed E-state index contributed by atoms with van der Waals surface area (Å²) in [5, 5.41) is 0. The van der Waals surface area contributed by atoms with Crippen LogP contribution in [-0.4, -0.2) is 13.3 Å². The molecule has 0 spiro atoms. The third kappa shape index (κ3) is 12.8. The van der Waals surface area contributed by atoms with Crippen LogP contribution < -0.4 is 5.73 Å².